The molecule has 29 heavy (non-hydrogen) atoms. The van der Waals surface area contributed by atoms with Gasteiger partial charge in [0.15, 0.2) is 0 Å². The maximum Gasteiger partial charge on any atom is 0.243 e. The number of aromatic nitrogens is 2. The van der Waals surface area contributed by atoms with Gasteiger partial charge in [-0.3, -0.25) is 0 Å². The molecule has 3 aromatic rings. The number of hydrogen-bond donors (Lipinski definition) is 0. The fraction of sp³-hybridized carbons (Fsp3) is 0.300. The summed E-state index contributed by atoms with van der Waals surface area (Å²) >= 11 is 6.15. The van der Waals surface area contributed by atoms with Gasteiger partial charge < -0.3 is 9.26 Å². The Hall–Kier alpha value is -2.42. The Morgan fingerprint density at radius 2 is 1.86 bits per heavy atom. The quantitative estimate of drug-likeness (QED) is 0.588. The second kappa shape index (κ2) is 8.14. The van der Waals surface area contributed by atoms with E-state index < -0.39 is 10.0 Å². The van der Waals surface area contributed by atoms with Crippen LogP contribution >= 0.6 is 11.6 Å². The first-order valence-corrected chi connectivity index (χ1v) is 11.0. The zero-order chi connectivity index (χ0) is 20.4. The van der Waals surface area contributed by atoms with E-state index in [0.717, 1.165) is 18.4 Å². The Bertz CT molecular complexity index is 1110. The van der Waals surface area contributed by atoms with Crippen LogP contribution in [-0.2, 0) is 16.4 Å². The second-order valence-corrected chi connectivity index (χ2v) is 9.14. The van der Waals surface area contributed by atoms with Crippen molar-refractivity contribution in [2.75, 3.05) is 20.2 Å². The van der Waals surface area contributed by atoms with Gasteiger partial charge in [-0.2, -0.15) is 9.29 Å². The standard InChI is InChI=1S/C20H20ClN3O4S/c1-27-18-9-4-14(12-17(18)21)13-19-22-20(23-28-19)15-5-7-16(8-6-15)29(25,26)24-10-2-3-11-24/h4-9,12H,2-3,10-11,13H2,1H3. The van der Waals surface area contributed by atoms with E-state index in [1.807, 2.05) is 6.07 Å². The van der Waals surface area contributed by atoms with Crippen LogP contribution in [0.4, 0.5) is 0 Å². The van der Waals surface area contributed by atoms with Crippen molar-refractivity contribution in [2.24, 2.45) is 0 Å². The molecule has 0 radical (unpaired) electrons. The van der Waals surface area contributed by atoms with Crippen molar-refractivity contribution >= 4 is 21.6 Å². The molecule has 7 nitrogen and oxygen atoms in total. The zero-order valence-corrected chi connectivity index (χ0v) is 17.4. The molecule has 4 rings (SSSR count). The van der Waals surface area contributed by atoms with Crippen molar-refractivity contribution in [3.8, 4) is 17.1 Å². The van der Waals surface area contributed by atoms with Crippen molar-refractivity contribution in [3.05, 3.63) is 58.9 Å². The van der Waals surface area contributed by atoms with Crippen molar-refractivity contribution in [1.29, 1.82) is 0 Å². The Labute approximate surface area is 174 Å². The minimum Gasteiger partial charge on any atom is -0.495 e. The lowest BCUT2D eigenvalue weighted by Gasteiger charge is -2.15. The first-order valence-electron chi connectivity index (χ1n) is 9.23. The lowest BCUT2D eigenvalue weighted by atomic mass is 10.1. The fourth-order valence-corrected chi connectivity index (χ4v) is 5.09. The lowest BCUT2D eigenvalue weighted by molar-refractivity contribution is 0.385. The predicted molar refractivity (Wildman–Crippen MR) is 109 cm³/mol. The number of nitrogens with zero attached hydrogens (tertiary/aromatic N) is 3. The number of halogens is 1. The molecule has 0 saturated carbocycles. The molecule has 1 aromatic heterocycles. The third-order valence-electron chi connectivity index (χ3n) is 4.85. The van der Waals surface area contributed by atoms with Gasteiger partial charge in [-0.1, -0.05) is 22.8 Å². The van der Waals surface area contributed by atoms with Crippen LogP contribution in [0.2, 0.25) is 5.02 Å². The fourth-order valence-electron chi connectivity index (χ4n) is 3.29. The SMILES string of the molecule is COc1ccc(Cc2nc(-c3ccc(S(=O)(=O)N4CCCC4)cc3)no2)cc1Cl. The van der Waals surface area contributed by atoms with Gasteiger partial charge in [0.1, 0.15) is 5.75 Å². The highest BCUT2D eigenvalue weighted by molar-refractivity contribution is 7.89. The molecule has 1 aliphatic rings. The summed E-state index contributed by atoms with van der Waals surface area (Å²) in [6.07, 6.45) is 2.24. The monoisotopic (exact) mass is 433 g/mol. The van der Waals surface area contributed by atoms with Crippen LogP contribution in [0, 0.1) is 0 Å². The van der Waals surface area contributed by atoms with E-state index >= 15 is 0 Å². The van der Waals surface area contributed by atoms with Gasteiger partial charge in [0.05, 0.1) is 23.4 Å². The highest BCUT2D eigenvalue weighted by Gasteiger charge is 2.27. The molecule has 2 heterocycles. The summed E-state index contributed by atoms with van der Waals surface area (Å²) in [6, 6.07) is 12.0. The smallest absolute Gasteiger partial charge is 0.243 e. The molecule has 0 amide bonds. The number of benzene rings is 2. The number of ether oxygens (including phenoxy) is 1. The summed E-state index contributed by atoms with van der Waals surface area (Å²) in [4.78, 5) is 4.68. The van der Waals surface area contributed by atoms with Crippen molar-refractivity contribution in [3.63, 3.8) is 0 Å². The van der Waals surface area contributed by atoms with Crippen LogP contribution in [0.25, 0.3) is 11.4 Å². The van der Waals surface area contributed by atoms with Gasteiger partial charge in [0.2, 0.25) is 21.7 Å². The van der Waals surface area contributed by atoms with Crippen LogP contribution in [0.5, 0.6) is 5.75 Å². The van der Waals surface area contributed by atoms with E-state index in [9.17, 15) is 8.42 Å². The molecule has 0 aliphatic carbocycles. The van der Waals surface area contributed by atoms with E-state index in [-0.39, 0.29) is 4.90 Å². The van der Waals surface area contributed by atoms with Crippen LogP contribution in [0.15, 0.2) is 51.9 Å². The van der Waals surface area contributed by atoms with Crippen LogP contribution < -0.4 is 4.74 Å². The first kappa shape index (κ1) is 19.9. The minimum atomic E-state index is -3.44. The Balaban J connectivity index is 1.50. The molecule has 152 valence electrons. The normalized spacial score (nSPS) is 15.0. The summed E-state index contributed by atoms with van der Waals surface area (Å²) < 4.78 is 37.2. The first-order chi connectivity index (χ1) is 14.0. The van der Waals surface area contributed by atoms with E-state index in [1.165, 1.54) is 4.31 Å². The van der Waals surface area contributed by atoms with Crippen LogP contribution in [0.3, 0.4) is 0 Å². The molecular weight excluding hydrogens is 414 g/mol. The predicted octanol–water partition coefficient (Wildman–Crippen LogP) is 3.77. The van der Waals surface area contributed by atoms with Crippen LogP contribution in [0.1, 0.15) is 24.3 Å². The molecule has 1 saturated heterocycles. The van der Waals surface area contributed by atoms with Crippen molar-refractivity contribution in [1.82, 2.24) is 14.4 Å². The van der Waals surface area contributed by atoms with E-state index in [2.05, 4.69) is 10.1 Å². The minimum absolute atomic E-state index is 0.278. The Morgan fingerprint density at radius 1 is 1.14 bits per heavy atom. The number of methoxy groups -OCH3 is 1. The Kier molecular flexibility index (Phi) is 5.58. The van der Waals surface area contributed by atoms with E-state index in [0.29, 0.717) is 47.6 Å². The number of sulfonamides is 1. The van der Waals surface area contributed by atoms with Gasteiger partial charge in [0.25, 0.3) is 0 Å². The molecule has 0 spiro atoms. The summed E-state index contributed by atoms with van der Waals surface area (Å²) in [5.74, 6) is 1.45. The maximum atomic E-state index is 12.6. The highest BCUT2D eigenvalue weighted by atomic mass is 35.5. The highest BCUT2D eigenvalue weighted by Crippen LogP contribution is 2.27. The molecule has 0 atom stereocenters. The zero-order valence-electron chi connectivity index (χ0n) is 15.8. The van der Waals surface area contributed by atoms with Gasteiger partial charge in [0, 0.05) is 18.7 Å². The molecule has 2 aromatic carbocycles. The molecule has 9 heteroatoms. The third kappa shape index (κ3) is 4.14. The molecule has 1 fully saturated rings. The summed E-state index contributed by atoms with van der Waals surface area (Å²) in [6.45, 7) is 1.15. The topological polar surface area (TPSA) is 85.5 Å². The number of rotatable bonds is 6. The number of hydrogen-bond acceptors (Lipinski definition) is 6. The Morgan fingerprint density at radius 3 is 2.52 bits per heavy atom. The van der Waals surface area contributed by atoms with Gasteiger partial charge in [-0.15, -0.1) is 0 Å². The van der Waals surface area contributed by atoms with E-state index in [4.69, 9.17) is 20.9 Å². The summed E-state index contributed by atoms with van der Waals surface area (Å²) in [5, 5.41) is 4.52. The van der Waals surface area contributed by atoms with Crippen LogP contribution in [-0.4, -0.2) is 43.1 Å². The van der Waals surface area contributed by atoms with Crippen molar-refractivity contribution < 1.29 is 17.7 Å². The molecule has 0 N–H and O–H groups in total. The third-order valence-corrected chi connectivity index (χ3v) is 7.06. The average molecular weight is 434 g/mol. The summed E-state index contributed by atoms with van der Waals surface area (Å²) in [7, 11) is -1.87. The summed E-state index contributed by atoms with van der Waals surface area (Å²) in [5.41, 5.74) is 1.60. The largest absolute Gasteiger partial charge is 0.495 e. The van der Waals surface area contributed by atoms with Gasteiger partial charge >= 0.3 is 0 Å². The maximum absolute atomic E-state index is 12.6. The average Bonchev–Trinajstić information content (AvgIpc) is 3.41. The molecule has 0 bridgehead atoms. The van der Waals surface area contributed by atoms with Gasteiger partial charge in [-0.25, -0.2) is 8.42 Å². The molecular formula is C20H20ClN3O4S. The molecule has 0 unspecified atom stereocenters. The second-order valence-electron chi connectivity index (χ2n) is 6.79. The lowest BCUT2D eigenvalue weighted by Crippen LogP contribution is -2.27. The molecule has 1 aliphatic heterocycles. The van der Waals surface area contributed by atoms with E-state index in [1.54, 1.807) is 43.5 Å². The van der Waals surface area contributed by atoms with Crippen molar-refractivity contribution in [2.45, 2.75) is 24.2 Å². The van der Waals surface area contributed by atoms with Gasteiger partial charge in [-0.05, 0) is 54.8 Å².